The van der Waals surface area contributed by atoms with Gasteiger partial charge < -0.3 is 25.8 Å². The Hall–Kier alpha value is -3.47. The van der Waals surface area contributed by atoms with Crippen LogP contribution in [0, 0.1) is 0 Å². The number of nitrogens with one attached hydrogen (secondary N) is 3. The summed E-state index contributed by atoms with van der Waals surface area (Å²) < 4.78 is 20.9. The number of fused-ring (bicyclic) bond motifs is 1. The minimum Gasteiger partial charge on any atom is -0.473 e. The first kappa shape index (κ1) is 21.4. The summed E-state index contributed by atoms with van der Waals surface area (Å²) in [6.07, 6.45) is 5.08. The molecular weight excluding hydrogens is 429 g/mol. The maximum absolute atomic E-state index is 13.2. The highest BCUT2D eigenvalue weighted by Gasteiger charge is 2.39. The Labute approximate surface area is 189 Å². The van der Waals surface area contributed by atoms with E-state index >= 15 is 0 Å². The Morgan fingerprint density at radius 1 is 1.30 bits per heavy atom. The van der Waals surface area contributed by atoms with Gasteiger partial charge in [0.25, 0.3) is 5.91 Å². The average Bonchev–Trinajstić information content (AvgIpc) is 3.33. The van der Waals surface area contributed by atoms with E-state index in [0.29, 0.717) is 48.1 Å². The summed E-state index contributed by atoms with van der Waals surface area (Å²) in [6.45, 7) is 0. The Balaban J connectivity index is 1.41. The van der Waals surface area contributed by atoms with Crippen LogP contribution in [0.4, 0.5) is 21.7 Å². The minimum atomic E-state index is -0.995. The van der Waals surface area contributed by atoms with Gasteiger partial charge in [0, 0.05) is 25.7 Å². The van der Waals surface area contributed by atoms with Crippen molar-refractivity contribution in [3.8, 4) is 5.88 Å². The number of nitrogens with zero attached hydrogens (tertiary/aromatic N) is 4. The molecule has 3 heterocycles. The van der Waals surface area contributed by atoms with Crippen LogP contribution in [0.5, 0.6) is 5.88 Å². The molecule has 174 valence electrons. The van der Waals surface area contributed by atoms with Crippen LogP contribution in [-0.4, -0.2) is 62.1 Å². The number of aliphatic hydroxyl groups excluding tert-OH is 1. The molecule has 0 radical (unpaired) electrons. The van der Waals surface area contributed by atoms with Gasteiger partial charge in [-0.1, -0.05) is 0 Å². The molecule has 2 saturated carbocycles. The average molecular weight is 455 g/mol. The summed E-state index contributed by atoms with van der Waals surface area (Å²) in [5.74, 6) is 1.12. The van der Waals surface area contributed by atoms with Crippen molar-refractivity contribution in [2.45, 2.75) is 56.5 Å². The van der Waals surface area contributed by atoms with Crippen molar-refractivity contribution >= 4 is 28.9 Å². The molecule has 0 aliphatic heterocycles. The van der Waals surface area contributed by atoms with E-state index in [9.17, 15) is 14.3 Å². The first-order chi connectivity index (χ1) is 16.0. The first-order valence-corrected chi connectivity index (χ1v) is 11.1. The molecule has 11 heteroatoms. The number of amides is 1. The molecule has 5 rings (SSSR count). The maximum atomic E-state index is 13.2. The number of halogens is 1. The molecule has 2 atom stereocenters. The lowest BCUT2D eigenvalue weighted by Crippen LogP contribution is -2.27. The SMILES string of the molecule is CNc1cc(Nc2cccnc2OC2CCC(O)CC2)nc2c(C(=O)N[C@H]3C[C@H]3F)cnn12. The van der Waals surface area contributed by atoms with Crippen molar-refractivity contribution in [3.05, 3.63) is 36.2 Å². The fraction of sp³-hybridized carbons (Fsp3) is 0.455. The number of carbonyl (C=O) groups excluding carboxylic acids is 1. The van der Waals surface area contributed by atoms with Crippen LogP contribution >= 0.6 is 0 Å². The second kappa shape index (κ2) is 8.81. The van der Waals surface area contributed by atoms with Crippen molar-refractivity contribution in [2.75, 3.05) is 17.7 Å². The first-order valence-electron chi connectivity index (χ1n) is 11.1. The van der Waals surface area contributed by atoms with E-state index in [0.717, 1.165) is 12.8 Å². The summed E-state index contributed by atoms with van der Waals surface area (Å²) >= 11 is 0. The number of ether oxygens (including phenoxy) is 1. The predicted molar refractivity (Wildman–Crippen MR) is 120 cm³/mol. The lowest BCUT2D eigenvalue weighted by atomic mass is 9.95. The van der Waals surface area contributed by atoms with Gasteiger partial charge in [0.05, 0.1) is 18.3 Å². The van der Waals surface area contributed by atoms with Crippen LogP contribution in [0.15, 0.2) is 30.6 Å². The molecule has 1 amide bonds. The molecule has 0 bridgehead atoms. The van der Waals surface area contributed by atoms with Crippen LogP contribution in [0.1, 0.15) is 42.5 Å². The number of aromatic nitrogens is 4. The van der Waals surface area contributed by atoms with E-state index in [1.807, 2.05) is 6.07 Å². The number of pyridine rings is 1. The number of anilines is 3. The lowest BCUT2D eigenvalue weighted by molar-refractivity contribution is 0.0647. The van der Waals surface area contributed by atoms with Crippen molar-refractivity contribution in [2.24, 2.45) is 0 Å². The van der Waals surface area contributed by atoms with E-state index < -0.39 is 18.1 Å². The Morgan fingerprint density at radius 2 is 2.09 bits per heavy atom. The zero-order valence-electron chi connectivity index (χ0n) is 18.2. The Bertz CT molecular complexity index is 1160. The third kappa shape index (κ3) is 4.54. The lowest BCUT2D eigenvalue weighted by Gasteiger charge is -2.26. The quantitative estimate of drug-likeness (QED) is 0.428. The molecule has 3 aromatic heterocycles. The number of rotatable bonds is 7. The molecule has 10 nitrogen and oxygen atoms in total. The minimum absolute atomic E-state index is 0.0148. The topological polar surface area (TPSA) is 126 Å². The van der Waals surface area contributed by atoms with Crippen molar-refractivity contribution in [1.29, 1.82) is 0 Å². The number of alkyl halides is 1. The second-order valence-electron chi connectivity index (χ2n) is 8.43. The fourth-order valence-corrected chi connectivity index (χ4v) is 3.96. The van der Waals surface area contributed by atoms with E-state index in [1.165, 1.54) is 10.7 Å². The van der Waals surface area contributed by atoms with Gasteiger partial charge in [0.1, 0.15) is 35.2 Å². The van der Waals surface area contributed by atoms with Gasteiger partial charge in [-0.05, 0) is 37.8 Å². The highest BCUT2D eigenvalue weighted by atomic mass is 19.1. The number of aliphatic hydroxyl groups is 1. The molecule has 0 aromatic carbocycles. The summed E-state index contributed by atoms with van der Waals surface area (Å²) in [7, 11) is 1.74. The van der Waals surface area contributed by atoms with Gasteiger partial charge in [-0.15, -0.1) is 0 Å². The highest BCUT2D eigenvalue weighted by Crippen LogP contribution is 2.30. The molecule has 2 aliphatic rings. The van der Waals surface area contributed by atoms with Crippen LogP contribution in [0.3, 0.4) is 0 Å². The van der Waals surface area contributed by atoms with Crippen molar-refractivity contribution in [1.82, 2.24) is 24.9 Å². The van der Waals surface area contributed by atoms with Crippen LogP contribution in [0.25, 0.3) is 5.65 Å². The Kier molecular flexibility index (Phi) is 5.71. The van der Waals surface area contributed by atoms with E-state index in [1.54, 1.807) is 25.4 Å². The van der Waals surface area contributed by atoms with Gasteiger partial charge in [-0.2, -0.15) is 9.61 Å². The smallest absolute Gasteiger partial charge is 0.257 e. The van der Waals surface area contributed by atoms with Gasteiger partial charge >= 0.3 is 0 Å². The summed E-state index contributed by atoms with van der Waals surface area (Å²) in [4.78, 5) is 21.6. The summed E-state index contributed by atoms with van der Waals surface area (Å²) in [5.41, 5.74) is 1.23. The summed E-state index contributed by atoms with van der Waals surface area (Å²) in [6, 6.07) is 4.93. The van der Waals surface area contributed by atoms with E-state index in [4.69, 9.17) is 4.74 Å². The fourth-order valence-electron chi connectivity index (χ4n) is 3.96. The number of hydrogen-bond donors (Lipinski definition) is 4. The molecule has 2 aliphatic carbocycles. The molecule has 33 heavy (non-hydrogen) atoms. The van der Waals surface area contributed by atoms with Crippen LogP contribution in [-0.2, 0) is 0 Å². The monoisotopic (exact) mass is 455 g/mol. The maximum Gasteiger partial charge on any atom is 0.257 e. The third-order valence-electron chi connectivity index (χ3n) is 5.96. The zero-order valence-corrected chi connectivity index (χ0v) is 18.2. The molecule has 3 aromatic rings. The highest BCUT2D eigenvalue weighted by molar-refractivity contribution is 6.00. The number of hydrogen-bond acceptors (Lipinski definition) is 8. The van der Waals surface area contributed by atoms with Gasteiger partial charge in [-0.25, -0.2) is 14.4 Å². The van der Waals surface area contributed by atoms with Crippen LogP contribution in [0.2, 0.25) is 0 Å². The number of carbonyl (C=O) groups is 1. The molecule has 2 fully saturated rings. The second-order valence-corrected chi connectivity index (χ2v) is 8.43. The van der Waals surface area contributed by atoms with Gasteiger partial charge in [0.2, 0.25) is 5.88 Å². The summed E-state index contributed by atoms with van der Waals surface area (Å²) in [5, 5.41) is 22.9. The van der Waals surface area contributed by atoms with Crippen molar-refractivity contribution < 1.29 is 19.0 Å². The van der Waals surface area contributed by atoms with Gasteiger partial charge in [-0.3, -0.25) is 4.79 Å². The molecular formula is C22H26FN7O3. The predicted octanol–water partition coefficient (Wildman–Crippen LogP) is 2.43. The largest absolute Gasteiger partial charge is 0.473 e. The molecule has 4 N–H and O–H groups in total. The van der Waals surface area contributed by atoms with Gasteiger partial charge in [0.15, 0.2) is 5.65 Å². The standard InChI is InChI=1S/C22H26FN7O3/c1-24-19-10-18(29-20-14(11-26-30(19)20)21(32)28-17-9-15(17)23)27-16-3-2-8-25-22(16)33-13-6-4-12(31)5-7-13/h2-3,8,10-13,15,17,24,31H,4-7,9H2,1H3,(H,27,29)(H,28,32)/t12?,13?,15-,17+/m1/s1. The van der Waals surface area contributed by atoms with Crippen LogP contribution < -0.4 is 20.7 Å². The molecule has 0 saturated heterocycles. The normalized spacial score (nSPS) is 24.3. The van der Waals surface area contributed by atoms with E-state index in [-0.39, 0.29) is 17.8 Å². The zero-order chi connectivity index (χ0) is 22.9. The third-order valence-corrected chi connectivity index (χ3v) is 5.96. The van der Waals surface area contributed by atoms with E-state index in [2.05, 4.69) is 31.0 Å². The molecule has 0 unspecified atom stereocenters. The van der Waals surface area contributed by atoms with Crippen molar-refractivity contribution in [3.63, 3.8) is 0 Å². The Morgan fingerprint density at radius 3 is 2.82 bits per heavy atom. The molecule has 0 spiro atoms.